The number of nitrogens with one attached hydrogen (secondary N) is 2. The number of amides is 4. The van der Waals surface area contributed by atoms with E-state index in [2.05, 4.69) is 10.1 Å². The molecule has 27 heavy (non-hydrogen) atoms. The van der Waals surface area contributed by atoms with Crippen molar-refractivity contribution in [2.45, 2.75) is 0 Å². The average molecular weight is 375 g/mol. The van der Waals surface area contributed by atoms with E-state index in [1.165, 1.54) is 18.5 Å². The lowest BCUT2D eigenvalue weighted by atomic mass is 10.3. The van der Waals surface area contributed by atoms with E-state index in [1.807, 2.05) is 10.7 Å². The highest BCUT2D eigenvalue weighted by Crippen LogP contribution is 2.14. The van der Waals surface area contributed by atoms with E-state index < -0.39 is 22.7 Å². The van der Waals surface area contributed by atoms with Crippen molar-refractivity contribution in [3.63, 3.8) is 0 Å². The van der Waals surface area contributed by atoms with E-state index in [0.717, 1.165) is 17.3 Å². The first-order valence-electron chi connectivity index (χ1n) is 7.21. The molecule has 1 saturated heterocycles. The van der Waals surface area contributed by atoms with Crippen LogP contribution in [0, 0.1) is 10.1 Å². The first kappa shape index (κ1) is 19.2. The van der Waals surface area contributed by atoms with Crippen LogP contribution in [0.1, 0.15) is 16.1 Å². The molecule has 2 aromatic heterocycles. The zero-order chi connectivity index (χ0) is 19.8. The second kappa shape index (κ2) is 8.82. The standard InChI is InChI=1S/C8H6N4O5.C6H7N3O/c13-6-4-11(8(14)10-6)9-3-5-1-2-7(17-5)12(15)16;7-9-6(10)5-1-3-8-4-2-5/h1-3H,4H2,(H,10,13,14);1-4H,7H2,(H,9,10)/b9-3+;. The number of nitrogens with zero attached hydrogens (tertiary/aromatic N) is 4. The van der Waals surface area contributed by atoms with E-state index >= 15 is 0 Å². The fourth-order valence-corrected chi connectivity index (χ4v) is 1.75. The van der Waals surface area contributed by atoms with Gasteiger partial charge in [-0.3, -0.25) is 35.4 Å². The van der Waals surface area contributed by atoms with Crippen LogP contribution in [0.4, 0.5) is 10.7 Å². The molecule has 3 heterocycles. The van der Waals surface area contributed by atoms with Crippen LogP contribution < -0.4 is 16.6 Å². The van der Waals surface area contributed by atoms with Crippen LogP contribution in [0.25, 0.3) is 0 Å². The van der Waals surface area contributed by atoms with Gasteiger partial charge in [-0.15, -0.1) is 0 Å². The smallest absolute Gasteiger partial charge is 0.400 e. The molecule has 140 valence electrons. The normalized spacial score (nSPS) is 13.1. The first-order chi connectivity index (χ1) is 12.9. The topological polar surface area (TPSA) is 186 Å². The van der Waals surface area contributed by atoms with Gasteiger partial charge < -0.3 is 4.42 Å². The van der Waals surface area contributed by atoms with Crippen molar-refractivity contribution in [2.75, 3.05) is 6.54 Å². The molecule has 3 rings (SSSR count). The summed E-state index contributed by atoms with van der Waals surface area (Å²) in [4.78, 5) is 46.0. The number of carbonyl (C=O) groups is 3. The summed E-state index contributed by atoms with van der Waals surface area (Å²) in [7, 11) is 0. The van der Waals surface area contributed by atoms with Crippen molar-refractivity contribution >= 4 is 29.9 Å². The van der Waals surface area contributed by atoms with Gasteiger partial charge in [0.25, 0.3) is 5.91 Å². The number of imide groups is 1. The van der Waals surface area contributed by atoms with Crippen molar-refractivity contribution in [3.8, 4) is 0 Å². The van der Waals surface area contributed by atoms with Gasteiger partial charge in [-0.2, -0.15) is 5.10 Å². The van der Waals surface area contributed by atoms with E-state index in [9.17, 15) is 24.5 Å². The van der Waals surface area contributed by atoms with E-state index in [0.29, 0.717) is 5.56 Å². The molecular formula is C14H13N7O6. The molecule has 0 spiro atoms. The van der Waals surface area contributed by atoms with Crippen LogP contribution >= 0.6 is 0 Å². The molecule has 2 aromatic rings. The van der Waals surface area contributed by atoms with Crippen LogP contribution in [0.15, 0.2) is 46.2 Å². The van der Waals surface area contributed by atoms with Crippen LogP contribution in [0.3, 0.4) is 0 Å². The zero-order valence-electron chi connectivity index (χ0n) is 13.6. The predicted octanol–water partition coefficient (Wildman–Crippen LogP) is -0.241. The summed E-state index contributed by atoms with van der Waals surface area (Å²) in [6.07, 6.45) is 4.18. The maximum atomic E-state index is 11.1. The minimum atomic E-state index is -0.691. The van der Waals surface area contributed by atoms with Crippen LogP contribution in [0.5, 0.6) is 0 Å². The number of furan rings is 1. The Morgan fingerprint density at radius 3 is 2.59 bits per heavy atom. The molecule has 0 atom stereocenters. The quantitative estimate of drug-likeness (QED) is 0.163. The Kier molecular flexibility index (Phi) is 6.27. The first-order valence-corrected chi connectivity index (χ1v) is 7.21. The number of pyridine rings is 1. The summed E-state index contributed by atoms with van der Waals surface area (Å²) in [6, 6.07) is 5.02. The molecule has 1 aliphatic heterocycles. The number of hydrazone groups is 1. The van der Waals surface area contributed by atoms with E-state index in [1.54, 1.807) is 12.1 Å². The Hall–Kier alpha value is -4.13. The molecule has 0 aromatic carbocycles. The molecule has 0 unspecified atom stereocenters. The molecule has 13 heteroatoms. The summed E-state index contributed by atoms with van der Waals surface area (Å²) >= 11 is 0. The van der Waals surface area contributed by atoms with Crippen molar-refractivity contribution < 1.29 is 23.7 Å². The highest BCUT2D eigenvalue weighted by atomic mass is 16.6. The SMILES string of the molecule is NNC(=O)c1ccncc1.O=C1CN(/N=C/c2ccc([N+](=O)[O-])o2)C(=O)N1. The number of hydrogen-bond acceptors (Lipinski definition) is 9. The molecule has 0 bridgehead atoms. The lowest BCUT2D eigenvalue weighted by molar-refractivity contribution is -0.402. The molecular weight excluding hydrogens is 362 g/mol. The lowest BCUT2D eigenvalue weighted by Gasteiger charge is -2.02. The lowest BCUT2D eigenvalue weighted by Crippen LogP contribution is -2.29. The number of nitro groups is 1. The number of carbonyl (C=O) groups excluding carboxylic acids is 3. The maximum absolute atomic E-state index is 11.1. The Morgan fingerprint density at radius 1 is 1.37 bits per heavy atom. The van der Waals surface area contributed by atoms with Gasteiger partial charge in [-0.05, 0) is 18.2 Å². The van der Waals surface area contributed by atoms with Gasteiger partial charge >= 0.3 is 11.9 Å². The molecule has 1 fully saturated rings. The summed E-state index contributed by atoms with van der Waals surface area (Å²) < 4.78 is 4.78. The molecule has 4 amide bonds. The number of aromatic nitrogens is 1. The van der Waals surface area contributed by atoms with Gasteiger partial charge in [0.1, 0.15) is 11.5 Å². The fraction of sp³-hybridized carbons (Fsp3) is 0.0714. The zero-order valence-corrected chi connectivity index (χ0v) is 13.6. The number of urea groups is 1. The number of hydrazine groups is 1. The Balaban J connectivity index is 0.000000223. The second-order valence-electron chi connectivity index (χ2n) is 4.80. The van der Waals surface area contributed by atoms with E-state index in [4.69, 9.17) is 10.3 Å². The number of nitrogens with two attached hydrogens (primary N) is 1. The Morgan fingerprint density at radius 2 is 2.07 bits per heavy atom. The van der Waals surface area contributed by atoms with Crippen molar-refractivity contribution in [3.05, 3.63) is 58.1 Å². The summed E-state index contributed by atoms with van der Waals surface area (Å²) in [5, 5.41) is 16.9. The van der Waals surface area contributed by atoms with Gasteiger partial charge in [0, 0.05) is 18.0 Å². The Labute approximate surface area is 150 Å². The predicted molar refractivity (Wildman–Crippen MR) is 89.1 cm³/mol. The maximum Gasteiger partial charge on any atom is 0.433 e. The number of hydrogen-bond donors (Lipinski definition) is 3. The molecule has 0 saturated carbocycles. The summed E-state index contributed by atoms with van der Waals surface area (Å²) in [5.74, 6) is 3.81. The van der Waals surface area contributed by atoms with Gasteiger partial charge in [-0.1, -0.05) is 0 Å². The minimum absolute atomic E-state index is 0.115. The third-order valence-corrected chi connectivity index (χ3v) is 2.96. The highest BCUT2D eigenvalue weighted by molar-refractivity contribution is 6.02. The largest absolute Gasteiger partial charge is 0.433 e. The van der Waals surface area contributed by atoms with Crippen LogP contribution in [-0.4, -0.2) is 45.5 Å². The minimum Gasteiger partial charge on any atom is -0.400 e. The van der Waals surface area contributed by atoms with Gasteiger partial charge in [0.2, 0.25) is 5.91 Å². The van der Waals surface area contributed by atoms with Crippen LogP contribution in [-0.2, 0) is 4.79 Å². The van der Waals surface area contributed by atoms with Crippen molar-refractivity contribution in [1.29, 1.82) is 0 Å². The molecule has 4 N–H and O–H groups in total. The van der Waals surface area contributed by atoms with Crippen LogP contribution in [0.2, 0.25) is 0 Å². The third kappa shape index (κ3) is 5.43. The molecule has 0 aliphatic carbocycles. The summed E-state index contributed by atoms with van der Waals surface area (Å²) in [6.45, 7) is -0.182. The second-order valence-corrected chi connectivity index (χ2v) is 4.80. The Bertz CT molecular complexity index is 879. The molecule has 0 radical (unpaired) electrons. The summed E-state index contributed by atoms with van der Waals surface area (Å²) in [5.41, 5.74) is 2.53. The highest BCUT2D eigenvalue weighted by Gasteiger charge is 2.26. The average Bonchev–Trinajstić information content (AvgIpc) is 3.26. The van der Waals surface area contributed by atoms with Gasteiger partial charge in [0.15, 0.2) is 5.76 Å². The number of rotatable bonds is 4. The molecule has 13 nitrogen and oxygen atoms in total. The third-order valence-electron chi connectivity index (χ3n) is 2.96. The van der Waals surface area contributed by atoms with Crippen molar-refractivity contribution in [2.24, 2.45) is 10.9 Å². The monoisotopic (exact) mass is 375 g/mol. The van der Waals surface area contributed by atoms with E-state index in [-0.39, 0.29) is 18.2 Å². The fourth-order valence-electron chi connectivity index (χ4n) is 1.75. The van der Waals surface area contributed by atoms with Gasteiger partial charge in [-0.25, -0.2) is 15.6 Å². The van der Waals surface area contributed by atoms with Crippen molar-refractivity contribution in [1.82, 2.24) is 20.7 Å². The number of nitrogen functional groups attached to an aromatic ring is 1. The molecule has 1 aliphatic rings. The van der Waals surface area contributed by atoms with Gasteiger partial charge in [0.05, 0.1) is 12.3 Å².